The Labute approximate surface area is 127 Å². The summed E-state index contributed by atoms with van der Waals surface area (Å²) in [7, 11) is 0. The molecular weight excluding hydrogens is 316 g/mol. The molecule has 0 fully saturated rings. The van der Waals surface area contributed by atoms with E-state index in [4.69, 9.17) is 0 Å². The Morgan fingerprint density at radius 1 is 1.15 bits per heavy atom. The second kappa shape index (κ2) is 7.29. The van der Waals surface area contributed by atoms with E-state index in [1.165, 1.54) is 5.39 Å². The maximum absolute atomic E-state index is 11.6. The number of fused-ring (bicyclic) bond motifs is 1. The normalized spacial score (nSPS) is 10.5. The Morgan fingerprint density at radius 3 is 2.70 bits per heavy atom. The predicted octanol–water partition coefficient (Wildman–Crippen LogP) is 3.93. The minimum absolute atomic E-state index is 0.0364. The van der Waals surface area contributed by atoms with Crippen molar-refractivity contribution >= 4 is 38.3 Å². The summed E-state index contributed by atoms with van der Waals surface area (Å²) in [5.41, 5.74) is 0.963. The summed E-state index contributed by atoms with van der Waals surface area (Å²) < 4.78 is 1.07. The van der Waals surface area contributed by atoms with E-state index >= 15 is 0 Å². The lowest BCUT2D eigenvalue weighted by molar-refractivity contribution is -0.119. The highest BCUT2D eigenvalue weighted by Gasteiger charge is 2.01. The third-order valence-corrected chi connectivity index (χ3v) is 3.60. The van der Waals surface area contributed by atoms with Crippen LogP contribution < -0.4 is 10.6 Å². The van der Waals surface area contributed by atoms with Crippen molar-refractivity contribution in [2.75, 3.05) is 18.4 Å². The Hall–Kier alpha value is -1.55. The molecular formula is C16H19BrN2O. The minimum Gasteiger partial charge on any atom is -0.376 e. The molecule has 4 heteroatoms. The molecule has 0 atom stereocenters. The maximum Gasteiger partial charge on any atom is 0.239 e. The topological polar surface area (TPSA) is 41.1 Å². The first-order valence-corrected chi connectivity index (χ1v) is 7.68. The molecule has 0 heterocycles. The van der Waals surface area contributed by atoms with Crippen molar-refractivity contribution in [3.8, 4) is 0 Å². The fourth-order valence-corrected chi connectivity index (χ4v) is 2.35. The number of hydrogen-bond donors (Lipinski definition) is 2. The van der Waals surface area contributed by atoms with Crippen molar-refractivity contribution in [1.29, 1.82) is 0 Å². The van der Waals surface area contributed by atoms with Crippen LogP contribution in [0.25, 0.3) is 10.8 Å². The average molecular weight is 335 g/mol. The lowest BCUT2D eigenvalue weighted by atomic mass is 10.1. The van der Waals surface area contributed by atoms with E-state index in [0.717, 1.165) is 34.9 Å². The van der Waals surface area contributed by atoms with Gasteiger partial charge < -0.3 is 10.6 Å². The van der Waals surface area contributed by atoms with E-state index in [-0.39, 0.29) is 5.91 Å². The smallest absolute Gasteiger partial charge is 0.239 e. The van der Waals surface area contributed by atoms with Crippen LogP contribution in [0.3, 0.4) is 0 Å². The van der Waals surface area contributed by atoms with Crippen molar-refractivity contribution < 1.29 is 4.79 Å². The summed E-state index contributed by atoms with van der Waals surface area (Å²) in [4.78, 5) is 11.6. The molecule has 0 radical (unpaired) electrons. The van der Waals surface area contributed by atoms with Gasteiger partial charge in [0.05, 0.1) is 6.54 Å². The minimum atomic E-state index is 0.0364. The summed E-state index contributed by atoms with van der Waals surface area (Å²) in [6.07, 6.45) is 2.12. The number of hydrogen-bond acceptors (Lipinski definition) is 2. The quantitative estimate of drug-likeness (QED) is 0.786. The van der Waals surface area contributed by atoms with Crippen molar-refractivity contribution in [3.63, 3.8) is 0 Å². The first-order chi connectivity index (χ1) is 9.69. The van der Waals surface area contributed by atoms with E-state index in [9.17, 15) is 4.79 Å². The number of benzene rings is 2. The third kappa shape index (κ3) is 4.23. The second-order valence-electron chi connectivity index (χ2n) is 4.76. The van der Waals surface area contributed by atoms with E-state index in [0.29, 0.717) is 6.54 Å². The second-order valence-corrected chi connectivity index (χ2v) is 5.68. The fraction of sp³-hybridized carbons (Fsp3) is 0.312. The molecule has 2 aromatic rings. The molecule has 0 aliphatic rings. The summed E-state index contributed by atoms with van der Waals surface area (Å²) in [5.74, 6) is 0.0364. The summed E-state index contributed by atoms with van der Waals surface area (Å²) >= 11 is 3.46. The zero-order chi connectivity index (χ0) is 14.4. The van der Waals surface area contributed by atoms with Gasteiger partial charge in [0, 0.05) is 16.7 Å². The summed E-state index contributed by atoms with van der Waals surface area (Å²) in [5, 5.41) is 8.38. The van der Waals surface area contributed by atoms with E-state index in [1.807, 2.05) is 12.1 Å². The van der Waals surface area contributed by atoms with E-state index in [2.05, 4.69) is 57.8 Å². The molecule has 0 aliphatic carbocycles. The Morgan fingerprint density at radius 2 is 1.90 bits per heavy atom. The molecule has 0 aliphatic heterocycles. The molecule has 2 aromatic carbocycles. The Balaban J connectivity index is 1.93. The lowest BCUT2D eigenvalue weighted by Gasteiger charge is -2.08. The van der Waals surface area contributed by atoms with Crippen LogP contribution in [0.1, 0.15) is 19.8 Å². The van der Waals surface area contributed by atoms with Gasteiger partial charge in [-0.05, 0) is 41.5 Å². The van der Waals surface area contributed by atoms with E-state index in [1.54, 1.807) is 0 Å². The van der Waals surface area contributed by atoms with Crippen LogP contribution >= 0.6 is 15.9 Å². The number of rotatable bonds is 6. The van der Waals surface area contributed by atoms with Gasteiger partial charge >= 0.3 is 0 Å². The van der Waals surface area contributed by atoms with Crippen molar-refractivity contribution in [2.45, 2.75) is 19.8 Å². The largest absolute Gasteiger partial charge is 0.376 e. The molecule has 2 rings (SSSR count). The van der Waals surface area contributed by atoms with Gasteiger partial charge in [-0.2, -0.15) is 0 Å². The van der Waals surface area contributed by atoms with Crippen LogP contribution in [0.2, 0.25) is 0 Å². The molecule has 20 heavy (non-hydrogen) atoms. The summed E-state index contributed by atoms with van der Waals surface area (Å²) in [6, 6.07) is 12.3. The highest BCUT2D eigenvalue weighted by atomic mass is 79.9. The molecule has 0 saturated heterocycles. The zero-order valence-electron chi connectivity index (χ0n) is 11.6. The maximum atomic E-state index is 11.6. The van der Waals surface area contributed by atoms with Gasteiger partial charge in [-0.3, -0.25) is 4.79 Å². The third-order valence-electron chi connectivity index (χ3n) is 3.11. The number of nitrogens with one attached hydrogen (secondary N) is 2. The fourth-order valence-electron chi connectivity index (χ4n) is 1.98. The van der Waals surface area contributed by atoms with Crippen molar-refractivity contribution in [1.82, 2.24) is 5.32 Å². The van der Waals surface area contributed by atoms with Crippen LogP contribution in [0.15, 0.2) is 40.9 Å². The van der Waals surface area contributed by atoms with Gasteiger partial charge in [-0.25, -0.2) is 0 Å². The summed E-state index contributed by atoms with van der Waals surface area (Å²) in [6.45, 7) is 3.17. The molecule has 2 N–H and O–H groups in total. The number of amides is 1. The highest BCUT2D eigenvalue weighted by molar-refractivity contribution is 9.10. The molecule has 0 saturated carbocycles. The molecule has 1 amide bonds. The van der Waals surface area contributed by atoms with Gasteiger partial charge in [0.1, 0.15) is 0 Å². The van der Waals surface area contributed by atoms with Gasteiger partial charge in [-0.1, -0.05) is 41.4 Å². The van der Waals surface area contributed by atoms with E-state index < -0.39 is 0 Å². The number of carbonyl (C=O) groups is 1. The van der Waals surface area contributed by atoms with Gasteiger partial charge in [0.2, 0.25) is 5.91 Å². The number of carbonyl (C=O) groups excluding carboxylic acids is 1. The molecule has 0 unspecified atom stereocenters. The number of anilines is 1. The molecule has 0 bridgehead atoms. The average Bonchev–Trinajstić information content (AvgIpc) is 2.45. The molecule has 0 spiro atoms. The predicted molar refractivity (Wildman–Crippen MR) is 88.1 cm³/mol. The van der Waals surface area contributed by atoms with Gasteiger partial charge in [0.15, 0.2) is 0 Å². The molecule has 106 valence electrons. The number of halogens is 1. The standard InChI is InChI=1S/C16H19BrN2O/c1-2-3-8-18-16(20)11-19-15-7-5-12-9-14(17)6-4-13(12)10-15/h4-7,9-10,19H,2-3,8,11H2,1H3,(H,18,20). The van der Waals surface area contributed by atoms with Crippen LogP contribution in [0.4, 0.5) is 5.69 Å². The van der Waals surface area contributed by atoms with Crippen LogP contribution in [-0.4, -0.2) is 19.0 Å². The van der Waals surface area contributed by atoms with Gasteiger partial charge in [-0.15, -0.1) is 0 Å². The highest BCUT2D eigenvalue weighted by Crippen LogP contribution is 2.22. The van der Waals surface area contributed by atoms with Crippen molar-refractivity contribution in [3.05, 3.63) is 40.9 Å². The van der Waals surface area contributed by atoms with Crippen LogP contribution in [0.5, 0.6) is 0 Å². The first-order valence-electron chi connectivity index (χ1n) is 6.89. The molecule has 0 aromatic heterocycles. The SMILES string of the molecule is CCCCNC(=O)CNc1ccc2cc(Br)ccc2c1. The van der Waals surface area contributed by atoms with Crippen LogP contribution in [0, 0.1) is 0 Å². The first kappa shape index (κ1) is 14.9. The Bertz CT molecular complexity index is 598. The monoisotopic (exact) mass is 334 g/mol. The van der Waals surface area contributed by atoms with Crippen molar-refractivity contribution in [2.24, 2.45) is 0 Å². The zero-order valence-corrected chi connectivity index (χ0v) is 13.2. The number of unbranched alkanes of at least 4 members (excludes halogenated alkanes) is 1. The molecule has 3 nitrogen and oxygen atoms in total. The Kier molecular flexibility index (Phi) is 5.41. The van der Waals surface area contributed by atoms with Crippen LogP contribution in [-0.2, 0) is 4.79 Å². The van der Waals surface area contributed by atoms with Gasteiger partial charge in [0.25, 0.3) is 0 Å². The lowest BCUT2D eigenvalue weighted by Crippen LogP contribution is -2.30.